The molecule has 9 heavy (non-hydrogen) atoms. The average molecular weight is 128 g/mol. The van der Waals surface area contributed by atoms with Gasteiger partial charge in [0, 0.05) is 6.04 Å². The van der Waals surface area contributed by atoms with Gasteiger partial charge in [-0.05, 0) is 19.4 Å². The molecule has 0 spiro atoms. The van der Waals surface area contributed by atoms with E-state index in [4.69, 9.17) is 4.74 Å². The fourth-order valence-electron chi connectivity index (χ4n) is 1.49. The predicted molar refractivity (Wildman–Crippen MR) is 33.9 cm³/mol. The Hall–Kier alpha value is -0.120. The summed E-state index contributed by atoms with van der Waals surface area (Å²) in [7, 11) is 0. The summed E-state index contributed by atoms with van der Waals surface area (Å²) >= 11 is 0. The molecule has 0 bridgehead atoms. The minimum absolute atomic E-state index is 0.304. The normalized spacial score (nSPS) is 42.7. The number of hydrogen-bond donors (Lipinski definition) is 2. The zero-order chi connectivity index (χ0) is 6.10. The number of rotatable bonds is 0. The first kappa shape index (κ1) is 5.65. The smallest absolute Gasteiger partial charge is 0.125 e. The second-order valence-corrected chi connectivity index (χ2v) is 2.64. The number of ether oxygens (including phenoxy) is 1. The average Bonchev–Trinajstić information content (AvgIpc) is 2.33. The van der Waals surface area contributed by atoms with Crippen LogP contribution in [-0.4, -0.2) is 25.5 Å². The lowest BCUT2D eigenvalue weighted by molar-refractivity contribution is 0.0643. The van der Waals surface area contributed by atoms with Crippen LogP contribution in [0.1, 0.15) is 12.8 Å². The molecule has 2 aliphatic rings. The quantitative estimate of drug-likeness (QED) is 0.467. The van der Waals surface area contributed by atoms with Gasteiger partial charge in [0.05, 0.1) is 6.73 Å². The van der Waals surface area contributed by atoms with Gasteiger partial charge in [-0.1, -0.05) is 0 Å². The minimum Gasteiger partial charge on any atom is -0.347 e. The van der Waals surface area contributed by atoms with Gasteiger partial charge in [0.2, 0.25) is 0 Å². The highest BCUT2D eigenvalue weighted by molar-refractivity contribution is 4.82. The van der Waals surface area contributed by atoms with Gasteiger partial charge in [0.1, 0.15) is 6.23 Å². The largest absolute Gasteiger partial charge is 0.347 e. The van der Waals surface area contributed by atoms with E-state index in [1.807, 2.05) is 0 Å². The maximum atomic E-state index is 5.33. The highest BCUT2D eigenvalue weighted by Crippen LogP contribution is 2.13. The van der Waals surface area contributed by atoms with Crippen LogP contribution in [0.2, 0.25) is 0 Å². The van der Waals surface area contributed by atoms with Crippen LogP contribution >= 0.6 is 0 Å². The van der Waals surface area contributed by atoms with Gasteiger partial charge in [-0.3, -0.25) is 10.6 Å². The van der Waals surface area contributed by atoms with E-state index in [1.165, 1.54) is 12.8 Å². The molecule has 52 valence electrons. The van der Waals surface area contributed by atoms with Crippen molar-refractivity contribution in [1.82, 2.24) is 10.6 Å². The Morgan fingerprint density at radius 2 is 2.33 bits per heavy atom. The standard InChI is InChI=1S/C6H12N2O/c1-2-5-6(7-3-1)9-4-8-5/h5-8H,1-4H2. The summed E-state index contributed by atoms with van der Waals surface area (Å²) in [5, 5.41) is 6.57. The van der Waals surface area contributed by atoms with Gasteiger partial charge < -0.3 is 4.74 Å². The Bertz CT molecular complexity index is 95.2. The molecular weight excluding hydrogens is 116 g/mol. The van der Waals surface area contributed by atoms with Crippen molar-refractivity contribution in [2.45, 2.75) is 25.1 Å². The molecule has 0 aliphatic carbocycles. The molecule has 0 saturated carbocycles. The second kappa shape index (κ2) is 2.25. The van der Waals surface area contributed by atoms with Crippen LogP contribution in [0.15, 0.2) is 0 Å². The summed E-state index contributed by atoms with van der Waals surface area (Å²) in [5.74, 6) is 0. The van der Waals surface area contributed by atoms with Crippen LogP contribution in [0.3, 0.4) is 0 Å². The van der Waals surface area contributed by atoms with Crippen molar-refractivity contribution in [3.63, 3.8) is 0 Å². The molecule has 2 unspecified atom stereocenters. The van der Waals surface area contributed by atoms with E-state index >= 15 is 0 Å². The molecular formula is C6H12N2O. The van der Waals surface area contributed by atoms with Crippen LogP contribution in [0.4, 0.5) is 0 Å². The Labute approximate surface area is 54.8 Å². The predicted octanol–water partition coefficient (Wildman–Crippen LogP) is -0.358. The van der Waals surface area contributed by atoms with E-state index in [1.54, 1.807) is 0 Å². The number of hydrogen-bond acceptors (Lipinski definition) is 3. The molecule has 0 aromatic heterocycles. The van der Waals surface area contributed by atoms with Gasteiger partial charge in [-0.2, -0.15) is 0 Å². The molecule has 2 N–H and O–H groups in total. The van der Waals surface area contributed by atoms with E-state index in [2.05, 4.69) is 10.6 Å². The van der Waals surface area contributed by atoms with Crippen molar-refractivity contribution < 1.29 is 4.74 Å². The molecule has 2 atom stereocenters. The fourth-order valence-corrected chi connectivity index (χ4v) is 1.49. The molecule has 0 radical (unpaired) electrons. The van der Waals surface area contributed by atoms with Gasteiger partial charge in [0.25, 0.3) is 0 Å². The first-order chi connectivity index (χ1) is 4.47. The zero-order valence-electron chi connectivity index (χ0n) is 5.39. The molecule has 0 aromatic rings. The molecule has 2 heterocycles. The van der Waals surface area contributed by atoms with Gasteiger partial charge in [-0.15, -0.1) is 0 Å². The SMILES string of the molecule is C1CNC2OCNC2C1. The van der Waals surface area contributed by atoms with Crippen molar-refractivity contribution >= 4 is 0 Å². The first-order valence-corrected chi connectivity index (χ1v) is 3.55. The Morgan fingerprint density at radius 3 is 3.22 bits per heavy atom. The maximum absolute atomic E-state index is 5.33. The van der Waals surface area contributed by atoms with E-state index in [9.17, 15) is 0 Å². The molecule has 0 amide bonds. The van der Waals surface area contributed by atoms with Crippen LogP contribution in [0, 0.1) is 0 Å². The Morgan fingerprint density at radius 1 is 1.33 bits per heavy atom. The first-order valence-electron chi connectivity index (χ1n) is 3.55. The summed E-state index contributed by atoms with van der Waals surface area (Å²) in [4.78, 5) is 0. The second-order valence-electron chi connectivity index (χ2n) is 2.64. The highest BCUT2D eigenvalue weighted by Gasteiger charge is 2.29. The lowest BCUT2D eigenvalue weighted by atomic mass is 10.1. The molecule has 2 aliphatic heterocycles. The van der Waals surface area contributed by atoms with E-state index in [0.29, 0.717) is 12.3 Å². The maximum Gasteiger partial charge on any atom is 0.125 e. The lowest BCUT2D eigenvalue weighted by Crippen LogP contribution is -2.45. The molecule has 0 aromatic carbocycles. The number of piperidine rings is 1. The molecule has 2 saturated heterocycles. The third kappa shape index (κ3) is 0.956. The molecule has 2 rings (SSSR count). The number of fused-ring (bicyclic) bond motifs is 1. The monoisotopic (exact) mass is 128 g/mol. The minimum atomic E-state index is 0.304. The molecule has 2 fully saturated rings. The van der Waals surface area contributed by atoms with E-state index < -0.39 is 0 Å². The Balaban J connectivity index is 1.97. The van der Waals surface area contributed by atoms with Crippen LogP contribution in [-0.2, 0) is 4.74 Å². The van der Waals surface area contributed by atoms with Crippen LogP contribution in [0.5, 0.6) is 0 Å². The molecule has 3 nitrogen and oxygen atoms in total. The van der Waals surface area contributed by atoms with Crippen molar-refractivity contribution in [3.8, 4) is 0 Å². The van der Waals surface area contributed by atoms with E-state index in [0.717, 1.165) is 13.3 Å². The molecule has 3 heteroatoms. The van der Waals surface area contributed by atoms with Crippen molar-refractivity contribution in [2.75, 3.05) is 13.3 Å². The van der Waals surface area contributed by atoms with Crippen LogP contribution in [0.25, 0.3) is 0 Å². The third-order valence-electron chi connectivity index (χ3n) is 2.01. The van der Waals surface area contributed by atoms with Crippen molar-refractivity contribution in [2.24, 2.45) is 0 Å². The highest BCUT2D eigenvalue weighted by atomic mass is 16.5. The third-order valence-corrected chi connectivity index (χ3v) is 2.01. The summed E-state index contributed by atoms with van der Waals surface area (Å²) < 4.78 is 5.33. The number of nitrogens with one attached hydrogen (secondary N) is 2. The summed E-state index contributed by atoms with van der Waals surface area (Å²) in [6, 6.07) is 0.582. The zero-order valence-corrected chi connectivity index (χ0v) is 5.39. The van der Waals surface area contributed by atoms with Crippen LogP contribution < -0.4 is 10.6 Å². The van der Waals surface area contributed by atoms with E-state index in [-0.39, 0.29) is 0 Å². The Kier molecular flexibility index (Phi) is 1.41. The van der Waals surface area contributed by atoms with Gasteiger partial charge >= 0.3 is 0 Å². The topological polar surface area (TPSA) is 33.3 Å². The summed E-state index contributed by atoms with van der Waals surface area (Å²) in [6.07, 6.45) is 2.84. The summed E-state index contributed by atoms with van der Waals surface area (Å²) in [5.41, 5.74) is 0. The fraction of sp³-hybridized carbons (Fsp3) is 1.00. The van der Waals surface area contributed by atoms with Gasteiger partial charge in [-0.25, -0.2) is 0 Å². The lowest BCUT2D eigenvalue weighted by Gasteiger charge is -2.24. The van der Waals surface area contributed by atoms with Gasteiger partial charge in [0.15, 0.2) is 0 Å². The van der Waals surface area contributed by atoms with Crippen molar-refractivity contribution in [1.29, 1.82) is 0 Å². The van der Waals surface area contributed by atoms with Crippen molar-refractivity contribution in [3.05, 3.63) is 0 Å². The summed E-state index contributed by atoms with van der Waals surface area (Å²) in [6.45, 7) is 1.84.